The van der Waals surface area contributed by atoms with Gasteiger partial charge in [-0.25, -0.2) is 10.2 Å². The lowest BCUT2D eigenvalue weighted by atomic mass is 10.1. The average molecular weight is 410 g/mol. The van der Waals surface area contributed by atoms with Gasteiger partial charge in [0.1, 0.15) is 3.70 Å². The summed E-state index contributed by atoms with van der Waals surface area (Å²) >= 11 is 2.32. The summed E-state index contributed by atoms with van der Waals surface area (Å²) in [5, 5.41) is 10.9. The van der Waals surface area contributed by atoms with Crippen LogP contribution in [0.1, 0.15) is 30.5 Å². The summed E-state index contributed by atoms with van der Waals surface area (Å²) in [6.07, 6.45) is 1.86. The maximum atomic E-state index is 4.54. The SMILES string of the molecule is Cc1ccc(-n2ncc(C3=NNNN3C(C)C)c2I)cc1C. The third-order valence-electron chi connectivity index (χ3n) is 3.76. The number of nitrogens with one attached hydrogen (secondary N) is 2. The van der Waals surface area contributed by atoms with E-state index in [2.05, 4.69) is 89.8 Å². The van der Waals surface area contributed by atoms with Gasteiger partial charge in [-0.15, -0.1) is 10.6 Å². The standard InChI is InChI=1S/C15H19IN6/c1-9(2)21-15(18-19-20-21)13-8-17-22(14(13)16)12-6-5-10(3)11(4)7-12/h5-9,19-20H,1-4H3. The molecular formula is C15H19IN6. The minimum Gasteiger partial charge on any atom is -0.268 e. The Morgan fingerprint density at radius 2 is 1.95 bits per heavy atom. The summed E-state index contributed by atoms with van der Waals surface area (Å²) in [5.74, 6) is 0.856. The van der Waals surface area contributed by atoms with Gasteiger partial charge in [-0.1, -0.05) is 6.07 Å². The van der Waals surface area contributed by atoms with E-state index in [0.717, 1.165) is 20.8 Å². The Morgan fingerprint density at radius 3 is 2.64 bits per heavy atom. The molecule has 2 heterocycles. The van der Waals surface area contributed by atoms with Crippen LogP contribution in [0.4, 0.5) is 0 Å². The van der Waals surface area contributed by atoms with Gasteiger partial charge in [0.15, 0.2) is 5.84 Å². The number of hydrazine groups is 2. The molecule has 2 N–H and O–H groups in total. The lowest BCUT2D eigenvalue weighted by molar-refractivity contribution is 0.246. The number of hydrazone groups is 1. The number of hydrogen-bond donors (Lipinski definition) is 2. The first-order chi connectivity index (χ1) is 10.5. The van der Waals surface area contributed by atoms with Gasteiger partial charge < -0.3 is 0 Å². The van der Waals surface area contributed by atoms with Crippen molar-refractivity contribution in [2.24, 2.45) is 5.10 Å². The number of amidine groups is 1. The summed E-state index contributed by atoms with van der Waals surface area (Å²) in [5.41, 5.74) is 10.5. The lowest BCUT2D eigenvalue weighted by Crippen LogP contribution is -2.45. The highest BCUT2D eigenvalue weighted by molar-refractivity contribution is 14.1. The van der Waals surface area contributed by atoms with E-state index in [0.29, 0.717) is 0 Å². The number of rotatable bonds is 3. The first-order valence-electron chi connectivity index (χ1n) is 7.18. The van der Waals surface area contributed by atoms with Crippen LogP contribution in [0.3, 0.4) is 0 Å². The van der Waals surface area contributed by atoms with Crippen molar-refractivity contribution in [2.75, 3.05) is 0 Å². The number of aromatic nitrogens is 2. The summed E-state index contributed by atoms with van der Waals surface area (Å²) in [6.45, 7) is 8.45. The molecule has 1 aliphatic rings. The minimum absolute atomic E-state index is 0.287. The molecule has 1 aromatic carbocycles. The van der Waals surface area contributed by atoms with E-state index < -0.39 is 0 Å². The Labute approximate surface area is 143 Å². The number of nitrogens with zero attached hydrogens (tertiary/aromatic N) is 4. The Kier molecular flexibility index (Phi) is 4.09. The first-order valence-corrected chi connectivity index (χ1v) is 8.26. The fourth-order valence-electron chi connectivity index (χ4n) is 2.32. The third-order valence-corrected chi connectivity index (χ3v) is 4.80. The molecule has 116 valence electrons. The molecule has 0 aliphatic carbocycles. The molecule has 0 atom stereocenters. The van der Waals surface area contributed by atoms with E-state index >= 15 is 0 Å². The molecule has 0 amide bonds. The Morgan fingerprint density at radius 1 is 1.18 bits per heavy atom. The Hall–Kier alpha value is -1.61. The fourth-order valence-corrected chi connectivity index (χ4v) is 3.11. The molecular weight excluding hydrogens is 391 g/mol. The highest BCUT2D eigenvalue weighted by Crippen LogP contribution is 2.21. The van der Waals surface area contributed by atoms with Crippen LogP contribution in [0.2, 0.25) is 0 Å². The molecule has 0 radical (unpaired) electrons. The van der Waals surface area contributed by atoms with Crippen LogP contribution in [0.25, 0.3) is 5.69 Å². The van der Waals surface area contributed by atoms with E-state index in [9.17, 15) is 0 Å². The largest absolute Gasteiger partial charge is 0.268 e. The Bertz CT molecular complexity index is 734. The van der Waals surface area contributed by atoms with Gasteiger partial charge in [0.25, 0.3) is 0 Å². The first kappa shape index (κ1) is 15.3. The molecule has 0 saturated carbocycles. The zero-order valence-corrected chi connectivity index (χ0v) is 15.2. The molecule has 0 saturated heterocycles. The average Bonchev–Trinajstić information content (AvgIpc) is 3.08. The van der Waals surface area contributed by atoms with Crippen LogP contribution in [-0.4, -0.2) is 26.7 Å². The predicted molar refractivity (Wildman–Crippen MR) is 95.5 cm³/mol. The van der Waals surface area contributed by atoms with Crippen LogP contribution >= 0.6 is 22.6 Å². The maximum Gasteiger partial charge on any atom is 0.177 e. The molecule has 0 unspecified atom stereocenters. The smallest absolute Gasteiger partial charge is 0.177 e. The van der Waals surface area contributed by atoms with Crippen molar-refractivity contribution >= 4 is 28.4 Å². The molecule has 22 heavy (non-hydrogen) atoms. The maximum absolute atomic E-state index is 4.54. The van der Waals surface area contributed by atoms with Crippen molar-refractivity contribution in [3.8, 4) is 5.69 Å². The number of benzene rings is 1. The van der Waals surface area contributed by atoms with Gasteiger partial charge in [0.05, 0.1) is 17.4 Å². The zero-order chi connectivity index (χ0) is 15.9. The molecule has 0 bridgehead atoms. The van der Waals surface area contributed by atoms with E-state index in [4.69, 9.17) is 0 Å². The summed E-state index contributed by atoms with van der Waals surface area (Å²) in [6, 6.07) is 6.66. The van der Waals surface area contributed by atoms with Crippen molar-refractivity contribution in [2.45, 2.75) is 33.7 Å². The second-order valence-corrected chi connectivity index (χ2v) is 6.67. The number of halogens is 1. The normalized spacial score (nSPS) is 14.5. The second kappa shape index (κ2) is 5.88. The fraction of sp³-hybridized carbons (Fsp3) is 0.333. The predicted octanol–water partition coefficient (Wildman–Crippen LogP) is 2.49. The molecule has 3 rings (SSSR count). The highest BCUT2D eigenvalue weighted by Gasteiger charge is 2.25. The van der Waals surface area contributed by atoms with E-state index in [-0.39, 0.29) is 6.04 Å². The van der Waals surface area contributed by atoms with Crippen molar-refractivity contribution in [3.63, 3.8) is 0 Å². The van der Waals surface area contributed by atoms with Crippen LogP contribution in [0.5, 0.6) is 0 Å². The quantitative estimate of drug-likeness (QED) is 0.764. The Balaban J connectivity index is 2.00. The van der Waals surface area contributed by atoms with Gasteiger partial charge in [-0.05, 0) is 73.5 Å². The molecule has 0 spiro atoms. The topological polar surface area (TPSA) is 57.5 Å². The zero-order valence-electron chi connectivity index (χ0n) is 13.1. The van der Waals surface area contributed by atoms with Crippen molar-refractivity contribution in [3.05, 3.63) is 44.8 Å². The molecule has 1 aromatic heterocycles. The van der Waals surface area contributed by atoms with Gasteiger partial charge in [0, 0.05) is 6.04 Å². The minimum atomic E-state index is 0.287. The van der Waals surface area contributed by atoms with E-state index in [1.165, 1.54) is 11.1 Å². The van der Waals surface area contributed by atoms with Crippen molar-refractivity contribution in [1.82, 2.24) is 25.9 Å². The number of aryl methyl sites for hydroxylation is 2. The van der Waals surface area contributed by atoms with Crippen molar-refractivity contribution in [1.29, 1.82) is 0 Å². The second-order valence-electron chi connectivity index (χ2n) is 5.65. The monoisotopic (exact) mass is 410 g/mol. The summed E-state index contributed by atoms with van der Waals surface area (Å²) in [4.78, 5) is 0. The van der Waals surface area contributed by atoms with Crippen LogP contribution in [-0.2, 0) is 0 Å². The molecule has 2 aromatic rings. The summed E-state index contributed by atoms with van der Waals surface area (Å²) < 4.78 is 2.98. The number of hydrogen-bond acceptors (Lipinski definition) is 5. The van der Waals surface area contributed by atoms with Gasteiger partial charge in [0.2, 0.25) is 0 Å². The highest BCUT2D eigenvalue weighted by atomic mass is 127. The van der Waals surface area contributed by atoms with Crippen molar-refractivity contribution < 1.29 is 0 Å². The third kappa shape index (κ3) is 2.58. The summed E-state index contributed by atoms with van der Waals surface area (Å²) in [7, 11) is 0. The molecule has 6 nitrogen and oxygen atoms in total. The van der Waals surface area contributed by atoms with Gasteiger partial charge >= 0.3 is 0 Å². The van der Waals surface area contributed by atoms with Gasteiger partial charge in [-0.3, -0.25) is 5.01 Å². The lowest BCUT2D eigenvalue weighted by Gasteiger charge is -2.22. The van der Waals surface area contributed by atoms with Crippen LogP contribution in [0, 0.1) is 17.5 Å². The molecule has 0 fully saturated rings. The van der Waals surface area contributed by atoms with Crippen LogP contribution in [0.15, 0.2) is 29.5 Å². The molecule has 1 aliphatic heterocycles. The van der Waals surface area contributed by atoms with E-state index in [1.54, 1.807) is 0 Å². The molecule has 7 heteroatoms. The van der Waals surface area contributed by atoms with Gasteiger partial charge in [-0.2, -0.15) is 5.10 Å². The van der Waals surface area contributed by atoms with Crippen LogP contribution < -0.4 is 11.1 Å². The van der Waals surface area contributed by atoms with E-state index in [1.807, 2.05) is 15.9 Å².